The van der Waals surface area contributed by atoms with E-state index in [-0.39, 0.29) is 0 Å². The van der Waals surface area contributed by atoms with Crippen molar-refractivity contribution in [1.29, 1.82) is 0 Å². The van der Waals surface area contributed by atoms with Crippen molar-refractivity contribution >= 4 is 0 Å². The molecule has 0 saturated carbocycles. The molecule has 0 aromatic heterocycles. The van der Waals surface area contributed by atoms with Gasteiger partial charge in [0.15, 0.2) is 0 Å². The average molecular weight is 157 g/mol. The molecule has 1 aliphatic rings. The van der Waals surface area contributed by atoms with E-state index < -0.39 is 0 Å². The lowest BCUT2D eigenvalue weighted by molar-refractivity contribution is 0.281. The molecule has 1 heterocycles. The van der Waals surface area contributed by atoms with Crippen LogP contribution in [0.1, 0.15) is 6.42 Å². The molecule has 1 fully saturated rings. The summed E-state index contributed by atoms with van der Waals surface area (Å²) in [7, 11) is 4.21. The van der Waals surface area contributed by atoms with Crippen LogP contribution >= 0.6 is 0 Å². The maximum atomic E-state index is 5.78. The number of hydrogen-bond acceptors (Lipinski definition) is 3. The van der Waals surface area contributed by atoms with E-state index in [1.54, 1.807) is 0 Å². The SMILES string of the molecule is CN(C)CCN1CCC(N)C1. The highest BCUT2D eigenvalue weighted by atomic mass is 15.2. The highest BCUT2D eigenvalue weighted by Gasteiger charge is 2.17. The molecule has 0 radical (unpaired) electrons. The Morgan fingerprint density at radius 1 is 1.55 bits per heavy atom. The Morgan fingerprint density at radius 2 is 2.27 bits per heavy atom. The van der Waals surface area contributed by atoms with Crippen molar-refractivity contribution in [2.75, 3.05) is 40.3 Å². The van der Waals surface area contributed by atoms with E-state index in [4.69, 9.17) is 5.73 Å². The maximum absolute atomic E-state index is 5.78. The van der Waals surface area contributed by atoms with Gasteiger partial charge < -0.3 is 15.5 Å². The minimum Gasteiger partial charge on any atom is -0.326 e. The van der Waals surface area contributed by atoms with Crippen LogP contribution in [0.5, 0.6) is 0 Å². The van der Waals surface area contributed by atoms with Crippen molar-refractivity contribution in [2.24, 2.45) is 5.73 Å². The van der Waals surface area contributed by atoms with Crippen LogP contribution in [0.25, 0.3) is 0 Å². The van der Waals surface area contributed by atoms with Crippen LogP contribution in [-0.4, -0.2) is 56.1 Å². The Bertz CT molecular complexity index is 114. The highest BCUT2D eigenvalue weighted by molar-refractivity contribution is 4.77. The van der Waals surface area contributed by atoms with Crippen LogP contribution in [0, 0.1) is 0 Å². The second-order valence-electron chi connectivity index (χ2n) is 3.65. The Balaban J connectivity index is 2.08. The van der Waals surface area contributed by atoms with Gasteiger partial charge in [-0.15, -0.1) is 0 Å². The predicted octanol–water partition coefficient (Wildman–Crippen LogP) is -0.419. The van der Waals surface area contributed by atoms with E-state index in [2.05, 4.69) is 23.9 Å². The topological polar surface area (TPSA) is 32.5 Å². The second-order valence-corrected chi connectivity index (χ2v) is 3.65. The molecule has 1 atom stereocenters. The zero-order chi connectivity index (χ0) is 8.27. The predicted molar refractivity (Wildman–Crippen MR) is 47.6 cm³/mol. The summed E-state index contributed by atoms with van der Waals surface area (Å²) in [4.78, 5) is 4.65. The summed E-state index contributed by atoms with van der Waals surface area (Å²) >= 11 is 0. The van der Waals surface area contributed by atoms with Crippen LogP contribution in [0.4, 0.5) is 0 Å². The van der Waals surface area contributed by atoms with Gasteiger partial charge in [0.05, 0.1) is 0 Å². The number of nitrogens with zero attached hydrogens (tertiary/aromatic N) is 2. The largest absolute Gasteiger partial charge is 0.326 e. The summed E-state index contributed by atoms with van der Waals surface area (Å²) in [5.41, 5.74) is 5.78. The first-order valence-electron chi connectivity index (χ1n) is 4.31. The molecule has 0 bridgehead atoms. The summed E-state index contributed by atoms with van der Waals surface area (Å²) in [6.07, 6.45) is 1.17. The van der Waals surface area contributed by atoms with Gasteiger partial charge in [-0.05, 0) is 27.1 Å². The van der Waals surface area contributed by atoms with E-state index >= 15 is 0 Å². The molecule has 0 aliphatic carbocycles. The molecule has 0 aromatic rings. The molecular weight excluding hydrogens is 138 g/mol. The first kappa shape index (κ1) is 8.97. The standard InChI is InChI=1S/C8H19N3/c1-10(2)5-6-11-4-3-8(9)7-11/h8H,3-7,9H2,1-2H3. The maximum Gasteiger partial charge on any atom is 0.0180 e. The molecule has 1 unspecified atom stereocenters. The zero-order valence-electron chi connectivity index (χ0n) is 7.58. The second kappa shape index (κ2) is 4.04. The van der Waals surface area contributed by atoms with Crippen molar-refractivity contribution in [3.8, 4) is 0 Å². The van der Waals surface area contributed by atoms with Crippen molar-refractivity contribution in [1.82, 2.24) is 9.80 Å². The summed E-state index contributed by atoms with van der Waals surface area (Å²) < 4.78 is 0. The number of nitrogens with two attached hydrogens (primary N) is 1. The zero-order valence-corrected chi connectivity index (χ0v) is 7.58. The van der Waals surface area contributed by atoms with Gasteiger partial charge in [-0.1, -0.05) is 0 Å². The lowest BCUT2D eigenvalue weighted by Crippen LogP contribution is -2.32. The smallest absolute Gasteiger partial charge is 0.0180 e. The van der Waals surface area contributed by atoms with E-state index in [0.717, 1.165) is 13.1 Å². The van der Waals surface area contributed by atoms with E-state index in [9.17, 15) is 0 Å². The molecule has 3 heteroatoms. The molecule has 0 amide bonds. The van der Waals surface area contributed by atoms with E-state index in [0.29, 0.717) is 6.04 Å². The van der Waals surface area contributed by atoms with Gasteiger partial charge in [-0.3, -0.25) is 0 Å². The summed E-state index contributed by atoms with van der Waals surface area (Å²) in [5.74, 6) is 0. The fraction of sp³-hybridized carbons (Fsp3) is 1.00. The molecule has 66 valence electrons. The monoisotopic (exact) mass is 157 g/mol. The van der Waals surface area contributed by atoms with Gasteiger partial charge in [0, 0.05) is 25.7 Å². The quantitative estimate of drug-likeness (QED) is 0.604. The summed E-state index contributed by atoms with van der Waals surface area (Å²) in [6, 6.07) is 0.428. The molecule has 1 saturated heterocycles. The average Bonchev–Trinajstić information content (AvgIpc) is 2.31. The third kappa shape index (κ3) is 3.18. The van der Waals surface area contributed by atoms with E-state index in [1.165, 1.54) is 19.5 Å². The Hall–Kier alpha value is -0.120. The molecule has 0 spiro atoms. The van der Waals surface area contributed by atoms with Gasteiger partial charge in [-0.2, -0.15) is 0 Å². The molecule has 0 aromatic carbocycles. The minimum atomic E-state index is 0.428. The lowest BCUT2D eigenvalue weighted by Gasteiger charge is -2.17. The third-order valence-corrected chi connectivity index (χ3v) is 2.17. The van der Waals surface area contributed by atoms with E-state index in [1.807, 2.05) is 0 Å². The van der Waals surface area contributed by atoms with Crippen molar-refractivity contribution in [3.05, 3.63) is 0 Å². The van der Waals surface area contributed by atoms with Gasteiger partial charge in [-0.25, -0.2) is 0 Å². The number of likely N-dealkylation sites (tertiary alicyclic amines) is 1. The van der Waals surface area contributed by atoms with Gasteiger partial charge in [0.25, 0.3) is 0 Å². The van der Waals surface area contributed by atoms with Crippen molar-refractivity contribution in [2.45, 2.75) is 12.5 Å². The molecule has 1 rings (SSSR count). The molecule has 2 N–H and O–H groups in total. The summed E-state index contributed by atoms with van der Waals surface area (Å²) in [5, 5.41) is 0. The molecular formula is C8H19N3. The van der Waals surface area contributed by atoms with Crippen LogP contribution in [0.2, 0.25) is 0 Å². The molecule has 3 nitrogen and oxygen atoms in total. The van der Waals surface area contributed by atoms with Crippen LogP contribution < -0.4 is 5.73 Å². The molecule has 11 heavy (non-hydrogen) atoms. The number of likely N-dealkylation sites (N-methyl/N-ethyl adjacent to an activating group) is 1. The van der Waals surface area contributed by atoms with Crippen LogP contribution in [0.15, 0.2) is 0 Å². The highest BCUT2D eigenvalue weighted by Crippen LogP contribution is 2.05. The molecule has 1 aliphatic heterocycles. The van der Waals surface area contributed by atoms with Crippen molar-refractivity contribution in [3.63, 3.8) is 0 Å². The Morgan fingerprint density at radius 3 is 2.73 bits per heavy atom. The van der Waals surface area contributed by atoms with Gasteiger partial charge in [0.2, 0.25) is 0 Å². The van der Waals surface area contributed by atoms with Crippen LogP contribution in [0.3, 0.4) is 0 Å². The first-order valence-corrected chi connectivity index (χ1v) is 4.31. The first-order chi connectivity index (χ1) is 5.18. The lowest BCUT2D eigenvalue weighted by atomic mass is 10.3. The fourth-order valence-corrected chi connectivity index (χ4v) is 1.41. The number of rotatable bonds is 3. The third-order valence-electron chi connectivity index (χ3n) is 2.17. The van der Waals surface area contributed by atoms with Crippen LogP contribution in [-0.2, 0) is 0 Å². The normalized spacial score (nSPS) is 26.7. The van der Waals surface area contributed by atoms with Gasteiger partial charge in [0.1, 0.15) is 0 Å². The fourth-order valence-electron chi connectivity index (χ4n) is 1.41. The van der Waals surface area contributed by atoms with Gasteiger partial charge >= 0.3 is 0 Å². The minimum absolute atomic E-state index is 0.428. The van der Waals surface area contributed by atoms with Crippen molar-refractivity contribution < 1.29 is 0 Å². The number of hydrogen-bond donors (Lipinski definition) is 1. The summed E-state index contributed by atoms with van der Waals surface area (Å²) in [6.45, 7) is 4.59. The Labute approximate surface area is 69.1 Å². The Kier molecular flexibility index (Phi) is 3.30.